The van der Waals surface area contributed by atoms with Crippen LogP contribution in [0.5, 0.6) is 11.5 Å². The first-order valence-corrected chi connectivity index (χ1v) is 15.5. The number of fused-ring (bicyclic) bond motifs is 3. The molecular formula is C40H36N4OPd. The summed E-state index contributed by atoms with van der Waals surface area (Å²) in [4.78, 5) is 4.70. The summed E-state index contributed by atoms with van der Waals surface area (Å²) in [7, 11) is 0. The van der Waals surface area contributed by atoms with Crippen molar-refractivity contribution in [2.75, 3.05) is 0 Å². The van der Waals surface area contributed by atoms with Crippen LogP contribution in [-0.2, 0) is 20.4 Å². The van der Waals surface area contributed by atoms with Gasteiger partial charge < -0.3 is 9.30 Å². The number of benzene rings is 4. The Labute approximate surface area is 284 Å². The van der Waals surface area contributed by atoms with Crippen LogP contribution in [0, 0.1) is 46.8 Å². The summed E-state index contributed by atoms with van der Waals surface area (Å²) in [6, 6.07) is 34.1. The summed E-state index contributed by atoms with van der Waals surface area (Å²) in [5.74, 6) is 2.31. The van der Waals surface area contributed by atoms with Crippen molar-refractivity contribution in [1.82, 2.24) is 19.3 Å². The van der Waals surface area contributed by atoms with Gasteiger partial charge in [-0.2, -0.15) is 17.2 Å². The zero-order valence-corrected chi connectivity index (χ0v) is 28.7. The van der Waals surface area contributed by atoms with Crippen molar-refractivity contribution < 1.29 is 25.2 Å². The predicted octanol–water partition coefficient (Wildman–Crippen LogP) is 10.1. The van der Waals surface area contributed by atoms with E-state index in [1.54, 1.807) is 0 Å². The molecule has 0 fully saturated rings. The molecule has 0 unspecified atom stereocenters. The molecule has 0 aliphatic heterocycles. The number of nitrogens with zero attached hydrogens (tertiary/aromatic N) is 4. The maximum absolute atomic E-state index is 6.45. The molecule has 0 saturated heterocycles. The van der Waals surface area contributed by atoms with Crippen LogP contribution in [0.3, 0.4) is 0 Å². The van der Waals surface area contributed by atoms with Gasteiger partial charge in [0.25, 0.3) is 0 Å². The van der Waals surface area contributed by atoms with Crippen LogP contribution in [0.1, 0.15) is 53.4 Å². The number of hydrogen-bond acceptors (Lipinski definition) is 3. The molecule has 4 aromatic carbocycles. The van der Waals surface area contributed by atoms with Crippen molar-refractivity contribution in [2.24, 2.45) is 0 Å². The average molecular weight is 695 g/mol. The maximum atomic E-state index is 6.45. The second-order valence-corrected chi connectivity index (χ2v) is 12.3. The van der Waals surface area contributed by atoms with Crippen molar-refractivity contribution in [2.45, 2.75) is 54.4 Å². The number of pyridine rings is 1. The Balaban J connectivity index is 0.00000372. The van der Waals surface area contributed by atoms with E-state index in [0.717, 1.165) is 44.6 Å². The van der Waals surface area contributed by atoms with Gasteiger partial charge in [0, 0.05) is 28.8 Å². The normalized spacial score (nSPS) is 11.4. The van der Waals surface area contributed by atoms with Crippen LogP contribution in [0.2, 0.25) is 0 Å². The third-order valence-corrected chi connectivity index (χ3v) is 8.46. The number of ether oxygens (including phenoxy) is 1. The first-order valence-electron chi connectivity index (χ1n) is 15.5. The molecule has 5 nitrogen and oxygen atoms in total. The third kappa shape index (κ3) is 5.47. The number of aryl methyl sites for hydroxylation is 5. The van der Waals surface area contributed by atoms with E-state index in [9.17, 15) is 0 Å². The monoisotopic (exact) mass is 694 g/mol. The van der Waals surface area contributed by atoms with Crippen LogP contribution in [0.15, 0.2) is 85.1 Å². The SMILES string of the molecule is Cc1ccnc(-n2c3[c-]c(Oc4[c-]c(-n5nc(C)c(-c6c(C)cc(C)cc6C)c5C(C)C)ccc4)ccc3c3ccccc32)c1.[Pd+2]. The number of aromatic nitrogens is 4. The van der Waals surface area contributed by atoms with E-state index >= 15 is 0 Å². The van der Waals surface area contributed by atoms with Gasteiger partial charge >= 0.3 is 20.4 Å². The van der Waals surface area contributed by atoms with Gasteiger partial charge in [0.2, 0.25) is 0 Å². The van der Waals surface area contributed by atoms with Gasteiger partial charge in [-0.3, -0.25) is 4.68 Å². The molecule has 0 bridgehead atoms. The standard InChI is InChI=1S/C40H36N4O.Pd/c1-24(2)40-39(38-27(5)19-26(4)20-28(38)6)29(7)42-44(40)30-11-10-12-31(22-30)45-32-15-16-34-33-13-8-9-14-35(33)43(36(34)23-32)37-21-25(3)17-18-41-37;/h8-21,24H,1-7H3;/q-2;+2. The first-order chi connectivity index (χ1) is 21.7. The fraction of sp³-hybridized carbons (Fsp3) is 0.200. The smallest absolute Gasteiger partial charge is 0.509 e. The average Bonchev–Trinajstić information content (AvgIpc) is 3.51. The van der Waals surface area contributed by atoms with Gasteiger partial charge in [0.15, 0.2) is 0 Å². The van der Waals surface area contributed by atoms with Gasteiger partial charge in [0.05, 0.1) is 11.4 Å². The van der Waals surface area contributed by atoms with Crippen molar-refractivity contribution in [3.63, 3.8) is 0 Å². The second-order valence-electron chi connectivity index (χ2n) is 12.3. The minimum atomic E-state index is 0. The van der Waals surface area contributed by atoms with E-state index in [0.29, 0.717) is 11.5 Å². The largest absolute Gasteiger partial charge is 2.00 e. The third-order valence-electron chi connectivity index (χ3n) is 8.46. The van der Waals surface area contributed by atoms with Crippen molar-refractivity contribution >= 4 is 21.8 Å². The fourth-order valence-electron chi connectivity index (χ4n) is 6.70. The maximum Gasteiger partial charge on any atom is 2.00 e. The Hall–Kier alpha value is -4.50. The van der Waals surface area contributed by atoms with Crippen LogP contribution < -0.4 is 4.74 Å². The van der Waals surface area contributed by atoms with E-state index in [1.807, 2.05) is 41.2 Å². The van der Waals surface area contributed by atoms with Crippen molar-refractivity contribution in [3.8, 4) is 34.1 Å². The summed E-state index contributed by atoms with van der Waals surface area (Å²) in [6.45, 7) is 15.2. The van der Waals surface area contributed by atoms with Gasteiger partial charge in [-0.15, -0.1) is 35.7 Å². The Morgan fingerprint density at radius 3 is 2.20 bits per heavy atom. The Bertz CT molecular complexity index is 2220. The summed E-state index contributed by atoms with van der Waals surface area (Å²) < 4.78 is 10.6. The minimum Gasteiger partial charge on any atom is -0.509 e. The van der Waals surface area contributed by atoms with E-state index in [2.05, 4.69) is 114 Å². The van der Waals surface area contributed by atoms with Crippen molar-refractivity contribution in [1.29, 1.82) is 0 Å². The molecular weight excluding hydrogens is 659 g/mol. The molecule has 6 heteroatoms. The number of hydrogen-bond donors (Lipinski definition) is 0. The molecule has 7 rings (SSSR count). The Kier molecular flexibility index (Phi) is 8.46. The van der Waals surface area contributed by atoms with Gasteiger partial charge in [0.1, 0.15) is 5.82 Å². The summed E-state index contributed by atoms with van der Waals surface area (Å²) in [5, 5.41) is 7.31. The second kappa shape index (κ2) is 12.4. The molecule has 46 heavy (non-hydrogen) atoms. The Morgan fingerprint density at radius 1 is 0.717 bits per heavy atom. The van der Waals surface area contributed by atoms with Crippen LogP contribution in [-0.4, -0.2) is 19.3 Å². The molecule has 0 aliphatic carbocycles. The molecule has 0 N–H and O–H groups in total. The topological polar surface area (TPSA) is 44.9 Å². The van der Waals surface area contributed by atoms with Crippen LogP contribution in [0.25, 0.3) is 44.4 Å². The summed E-state index contributed by atoms with van der Waals surface area (Å²) >= 11 is 0. The van der Waals surface area contributed by atoms with E-state index in [1.165, 1.54) is 33.5 Å². The summed E-state index contributed by atoms with van der Waals surface area (Å²) in [6.07, 6.45) is 1.85. The quantitative estimate of drug-likeness (QED) is 0.129. The number of rotatable bonds is 6. The molecule has 3 heterocycles. The van der Waals surface area contributed by atoms with Gasteiger partial charge in [-0.05, 0) is 92.1 Å². The minimum absolute atomic E-state index is 0. The molecule has 7 aromatic rings. The predicted molar refractivity (Wildman–Crippen MR) is 183 cm³/mol. The molecule has 0 saturated carbocycles. The zero-order chi connectivity index (χ0) is 31.4. The molecule has 0 amide bonds. The van der Waals surface area contributed by atoms with E-state index in [-0.39, 0.29) is 26.3 Å². The fourth-order valence-corrected chi connectivity index (χ4v) is 6.70. The van der Waals surface area contributed by atoms with E-state index in [4.69, 9.17) is 14.8 Å². The van der Waals surface area contributed by atoms with Crippen molar-refractivity contribution in [3.05, 3.63) is 131 Å². The first kappa shape index (κ1) is 31.5. The molecule has 0 aliphatic rings. The van der Waals surface area contributed by atoms with Crippen LogP contribution >= 0.6 is 0 Å². The van der Waals surface area contributed by atoms with Gasteiger partial charge in [-0.25, -0.2) is 4.98 Å². The molecule has 0 spiro atoms. The Morgan fingerprint density at radius 2 is 1.46 bits per heavy atom. The van der Waals surface area contributed by atoms with Crippen LogP contribution in [0.4, 0.5) is 0 Å². The molecule has 0 radical (unpaired) electrons. The molecule has 3 aromatic heterocycles. The van der Waals surface area contributed by atoms with E-state index < -0.39 is 0 Å². The summed E-state index contributed by atoms with van der Waals surface area (Å²) in [5.41, 5.74) is 12.4. The molecule has 0 atom stereocenters. The van der Waals surface area contributed by atoms with Gasteiger partial charge in [-0.1, -0.05) is 55.3 Å². The zero-order valence-electron chi connectivity index (χ0n) is 27.2. The molecule has 232 valence electrons. The number of para-hydroxylation sites is 1.